The molecule has 0 aliphatic rings. The smallest absolute Gasteiger partial charge is 0.127 e. The van der Waals surface area contributed by atoms with Gasteiger partial charge in [-0.3, -0.25) is 0 Å². The zero-order valence-electron chi connectivity index (χ0n) is 8.63. The SMILES string of the molecule is CNCCc1nocc1CC(C)C. The van der Waals surface area contributed by atoms with Crippen molar-refractivity contribution in [2.75, 3.05) is 13.6 Å². The van der Waals surface area contributed by atoms with E-state index in [2.05, 4.69) is 24.3 Å². The molecule has 0 aromatic carbocycles. The topological polar surface area (TPSA) is 38.1 Å². The van der Waals surface area contributed by atoms with Crippen LogP contribution in [-0.4, -0.2) is 18.7 Å². The van der Waals surface area contributed by atoms with E-state index in [9.17, 15) is 0 Å². The maximum absolute atomic E-state index is 4.97. The van der Waals surface area contributed by atoms with Gasteiger partial charge < -0.3 is 9.84 Å². The lowest BCUT2D eigenvalue weighted by Gasteiger charge is -2.03. The lowest BCUT2D eigenvalue weighted by Crippen LogP contribution is -2.11. The summed E-state index contributed by atoms with van der Waals surface area (Å²) in [6.07, 6.45) is 3.78. The molecule has 0 fully saturated rings. The molecule has 0 spiro atoms. The quantitative estimate of drug-likeness (QED) is 0.752. The summed E-state index contributed by atoms with van der Waals surface area (Å²) in [5.41, 5.74) is 2.35. The van der Waals surface area contributed by atoms with E-state index >= 15 is 0 Å². The van der Waals surface area contributed by atoms with Crippen molar-refractivity contribution >= 4 is 0 Å². The molecule has 0 aliphatic carbocycles. The zero-order valence-corrected chi connectivity index (χ0v) is 8.63. The highest BCUT2D eigenvalue weighted by atomic mass is 16.5. The molecular formula is C10H18N2O. The molecule has 0 amide bonds. The van der Waals surface area contributed by atoms with Crippen molar-refractivity contribution in [3.8, 4) is 0 Å². The molecule has 0 unspecified atom stereocenters. The Bertz CT molecular complexity index is 243. The van der Waals surface area contributed by atoms with Gasteiger partial charge in [0, 0.05) is 18.5 Å². The molecule has 0 saturated heterocycles. The average molecular weight is 182 g/mol. The summed E-state index contributed by atoms with van der Waals surface area (Å²) in [5.74, 6) is 0.660. The van der Waals surface area contributed by atoms with Crippen LogP contribution in [0.4, 0.5) is 0 Å². The molecule has 1 aromatic heterocycles. The number of likely N-dealkylation sites (N-methyl/N-ethyl adjacent to an activating group) is 1. The van der Waals surface area contributed by atoms with E-state index in [4.69, 9.17) is 4.52 Å². The number of hydrogen-bond donors (Lipinski definition) is 1. The Morgan fingerprint density at radius 1 is 1.54 bits per heavy atom. The summed E-state index contributed by atoms with van der Waals surface area (Å²) >= 11 is 0. The summed E-state index contributed by atoms with van der Waals surface area (Å²) < 4.78 is 4.97. The molecule has 1 N–H and O–H groups in total. The van der Waals surface area contributed by atoms with Gasteiger partial charge in [-0.2, -0.15) is 0 Å². The Kier molecular flexibility index (Phi) is 3.96. The first-order valence-corrected chi connectivity index (χ1v) is 4.80. The van der Waals surface area contributed by atoms with Crippen LogP contribution in [0.3, 0.4) is 0 Å². The standard InChI is InChI=1S/C10H18N2O/c1-8(2)6-9-7-13-12-10(9)4-5-11-3/h7-8,11H,4-6H2,1-3H3. The highest BCUT2D eigenvalue weighted by molar-refractivity contribution is 5.15. The van der Waals surface area contributed by atoms with Gasteiger partial charge in [0.1, 0.15) is 6.26 Å². The van der Waals surface area contributed by atoms with Gasteiger partial charge >= 0.3 is 0 Å². The van der Waals surface area contributed by atoms with Crippen LogP contribution in [0.1, 0.15) is 25.1 Å². The molecule has 1 rings (SSSR count). The highest BCUT2D eigenvalue weighted by Crippen LogP contribution is 2.12. The summed E-state index contributed by atoms with van der Waals surface area (Å²) in [4.78, 5) is 0. The summed E-state index contributed by atoms with van der Waals surface area (Å²) in [6, 6.07) is 0. The van der Waals surface area contributed by atoms with E-state index in [1.165, 1.54) is 5.56 Å². The number of hydrogen-bond acceptors (Lipinski definition) is 3. The van der Waals surface area contributed by atoms with Gasteiger partial charge in [-0.1, -0.05) is 19.0 Å². The second kappa shape index (κ2) is 5.02. The summed E-state index contributed by atoms with van der Waals surface area (Å²) in [5, 5.41) is 7.10. The lowest BCUT2D eigenvalue weighted by atomic mass is 10.0. The number of nitrogens with one attached hydrogen (secondary N) is 1. The first-order chi connectivity index (χ1) is 6.24. The van der Waals surface area contributed by atoms with Crippen LogP contribution < -0.4 is 5.32 Å². The maximum Gasteiger partial charge on any atom is 0.127 e. The number of nitrogens with zero attached hydrogens (tertiary/aromatic N) is 1. The van der Waals surface area contributed by atoms with Crippen molar-refractivity contribution < 1.29 is 4.52 Å². The fourth-order valence-corrected chi connectivity index (χ4v) is 1.34. The van der Waals surface area contributed by atoms with Crippen LogP contribution in [0, 0.1) is 5.92 Å². The largest absolute Gasteiger partial charge is 0.364 e. The maximum atomic E-state index is 4.97. The van der Waals surface area contributed by atoms with Gasteiger partial charge in [-0.25, -0.2) is 0 Å². The van der Waals surface area contributed by atoms with Crippen molar-refractivity contribution in [1.82, 2.24) is 10.5 Å². The molecule has 0 radical (unpaired) electrons. The Hall–Kier alpha value is -0.830. The van der Waals surface area contributed by atoms with Gasteiger partial charge in [0.25, 0.3) is 0 Å². The summed E-state index contributed by atoms with van der Waals surface area (Å²) in [7, 11) is 1.95. The molecule has 3 nitrogen and oxygen atoms in total. The van der Waals surface area contributed by atoms with Gasteiger partial charge in [0.05, 0.1) is 5.69 Å². The number of rotatable bonds is 5. The Morgan fingerprint density at radius 2 is 2.31 bits per heavy atom. The summed E-state index contributed by atoms with van der Waals surface area (Å²) in [6.45, 7) is 5.36. The van der Waals surface area contributed by atoms with Crippen LogP contribution in [0.25, 0.3) is 0 Å². The molecule has 1 aromatic rings. The third kappa shape index (κ3) is 3.19. The van der Waals surface area contributed by atoms with E-state index in [1.807, 2.05) is 7.05 Å². The molecule has 13 heavy (non-hydrogen) atoms. The van der Waals surface area contributed by atoms with Crippen LogP contribution >= 0.6 is 0 Å². The Labute approximate surface area is 79.5 Å². The minimum atomic E-state index is 0.660. The first kappa shape index (κ1) is 10.3. The van der Waals surface area contributed by atoms with E-state index in [-0.39, 0.29) is 0 Å². The monoisotopic (exact) mass is 182 g/mol. The molecule has 0 atom stereocenters. The lowest BCUT2D eigenvalue weighted by molar-refractivity contribution is 0.410. The third-order valence-electron chi connectivity index (χ3n) is 1.97. The highest BCUT2D eigenvalue weighted by Gasteiger charge is 2.08. The second-order valence-corrected chi connectivity index (χ2v) is 3.74. The normalized spacial score (nSPS) is 11.1. The fraction of sp³-hybridized carbons (Fsp3) is 0.700. The van der Waals surface area contributed by atoms with Gasteiger partial charge in [-0.15, -0.1) is 0 Å². The molecule has 3 heteroatoms. The fourth-order valence-electron chi connectivity index (χ4n) is 1.34. The van der Waals surface area contributed by atoms with Gasteiger partial charge in [0.15, 0.2) is 0 Å². The third-order valence-corrected chi connectivity index (χ3v) is 1.97. The minimum Gasteiger partial charge on any atom is -0.364 e. The minimum absolute atomic E-state index is 0.660. The van der Waals surface area contributed by atoms with Crippen molar-refractivity contribution in [3.05, 3.63) is 17.5 Å². The Morgan fingerprint density at radius 3 is 2.92 bits per heavy atom. The number of aromatic nitrogens is 1. The molecule has 74 valence electrons. The van der Waals surface area contributed by atoms with E-state index in [1.54, 1.807) is 6.26 Å². The molecular weight excluding hydrogens is 164 g/mol. The molecule has 0 bridgehead atoms. The predicted octanol–water partition coefficient (Wildman–Crippen LogP) is 1.63. The van der Waals surface area contributed by atoms with Crippen LogP contribution in [0.5, 0.6) is 0 Å². The van der Waals surface area contributed by atoms with Crippen molar-refractivity contribution in [1.29, 1.82) is 0 Å². The van der Waals surface area contributed by atoms with Crippen LogP contribution in [0.15, 0.2) is 10.8 Å². The van der Waals surface area contributed by atoms with E-state index in [0.717, 1.165) is 25.1 Å². The first-order valence-electron chi connectivity index (χ1n) is 4.80. The van der Waals surface area contributed by atoms with Crippen molar-refractivity contribution in [2.24, 2.45) is 5.92 Å². The van der Waals surface area contributed by atoms with Crippen LogP contribution in [-0.2, 0) is 12.8 Å². The van der Waals surface area contributed by atoms with E-state index < -0.39 is 0 Å². The zero-order chi connectivity index (χ0) is 9.68. The Balaban J connectivity index is 2.55. The molecule has 1 heterocycles. The average Bonchev–Trinajstić information content (AvgIpc) is 2.48. The van der Waals surface area contributed by atoms with Gasteiger partial charge in [0.2, 0.25) is 0 Å². The second-order valence-electron chi connectivity index (χ2n) is 3.74. The van der Waals surface area contributed by atoms with Gasteiger partial charge in [-0.05, 0) is 19.4 Å². The predicted molar refractivity (Wildman–Crippen MR) is 52.7 cm³/mol. The molecule has 0 saturated carbocycles. The van der Waals surface area contributed by atoms with E-state index in [0.29, 0.717) is 5.92 Å². The molecule has 0 aliphatic heterocycles. The van der Waals surface area contributed by atoms with Crippen molar-refractivity contribution in [3.63, 3.8) is 0 Å². The van der Waals surface area contributed by atoms with Crippen LogP contribution in [0.2, 0.25) is 0 Å². The van der Waals surface area contributed by atoms with Crippen molar-refractivity contribution in [2.45, 2.75) is 26.7 Å².